The van der Waals surface area contributed by atoms with Gasteiger partial charge in [0.15, 0.2) is 6.61 Å². The molecule has 3 N–H and O–H groups in total. The molecule has 0 aliphatic heterocycles. The van der Waals surface area contributed by atoms with E-state index < -0.39 is 11.8 Å². The molecule has 0 spiro atoms. The molecule has 0 radical (unpaired) electrons. The Morgan fingerprint density at radius 3 is 2.41 bits per heavy atom. The minimum atomic E-state index is -0.922. The van der Waals surface area contributed by atoms with Crippen LogP contribution in [0.5, 0.6) is 5.75 Å². The van der Waals surface area contributed by atoms with Crippen molar-refractivity contribution >= 4 is 41.2 Å². The Hall–Kier alpha value is -4.17. The molecule has 3 rings (SSSR count). The highest BCUT2D eigenvalue weighted by molar-refractivity contribution is 6.39. The van der Waals surface area contributed by atoms with Crippen molar-refractivity contribution in [2.75, 3.05) is 18.5 Å². The number of hydrogen-bond donors (Lipinski definition) is 3. The van der Waals surface area contributed by atoms with Crippen molar-refractivity contribution in [1.29, 1.82) is 0 Å². The van der Waals surface area contributed by atoms with E-state index in [1.54, 1.807) is 42.5 Å². The lowest BCUT2D eigenvalue weighted by Crippen LogP contribution is -2.32. The predicted octanol–water partition coefficient (Wildman–Crippen LogP) is 3.17. The zero-order valence-corrected chi connectivity index (χ0v) is 18.9. The molecular weight excluding hydrogens is 456 g/mol. The minimum absolute atomic E-state index is 0.0972. The monoisotopic (exact) mass is 478 g/mol. The maximum Gasteiger partial charge on any atom is 0.329 e. The number of ether oxygens (including phenoxy) is 1. The van der Waals surface area contributed by atoms with Gasteiger partial charge in [-0.3, -0.25) is 14.4 Å². The molecule has 0 atom stereocenters. The van der Waals surface area contributed by atoms with Crippen LogP contribution in [0.4, 0.5) is 5.69 Å². The third-order valence-corrected chi connectivity index (χ3v) is 4.73. The number of nitrogens with one attached hydrogen (secondary N) is 3. The van der Waals surface area contributed by atoms with Crippen LogP contribution >= 0.6 is 11.6 Å². The predicted molar refractivity (Wildman–Crippen MR) is 131 cm³/mol. The van der Waals surface area contributed by atoms with E-state index in [-0.39, 0.29) is 12.5 Å². The molecule has 3 aromatic carbocycles. The van der Waals surface area contributed by atoms with Crippen molar-refractivity contribution in [2.45, 2.75) is 6.42 Å². The molecule has 3 aromatic rings. The highest BCUT2D eigenvalue weighted by Crippen LogP contribution is 2.14. The SMILES string of the molecule is O=C(COc1ccc(/C=N\NC(=O)C(=O)Nc2cccc(Cl)c2)cc1)NCCc1ccccc1. The third kappa shape index (κ3) is 8.40. The van der Waals surface area contributed by atoms with Gasteiger partial charge in [-0.15, -0.1) is 0 Å². The summed E-state index contributed by atoms with van der Waals surface area (Å²) in [6.45, 7) is 0.435. The lowest BCUT2D eigenvalue weighted by atomic mass is 10.1. The zero-order chi connectivity index (χ0) is 24.2. The summed E-state index contributed by atoms with van der Waals surface area (Å²) in [6, 6.07) is 23.1. The van der Waals surface area contributed by atoms with Crippen molar-refractivity contribution in [3.05, 3.63) is 95.0 Å². The molecule has 0 fully saturated rings. The molecule has 0 aliphatic rings. The number of nitrogens with zero attached hydrogens (tertiary/aromatic N) is 1. The fourth-order valence-electron chi connectivity index (χ4n) is 2.81. The molecule has 0 bridgehead atoms. The smallest absolute Gasteiger partial charge is 0.329 e. The quantitative estimate of drug-likeness (QED) is 0.249. The molecule has 0 heterocycles. The van der Waals surface area contributed by atoms with Crippen LogP contribution < -0.4 is 20.8 Å². The van der Waals surface area contributed by atoms with Gasteiger partial charge in [0.25, 0.3) is 5.91 Å². The Morgan fingerprint density at radius 2 is 1.68 bits per heavy atom. The highest BCUT2D eigenvalue weighted by Gasteiger charge is 2.12. The third-order valence-electron chi connectivity index (χ3n) is 4.50. The first-order valence-corrected chi connectivity index (χ1v) is 10.8. The van der Waals surface area contributed by atoms with Crippen LogP contribution in [-0.4, -0.2) is 37.1 Å². The van der Waals surface area contributed by atoms with Gasteiger partial charge in [0.1, 0.15) is 5.75 Å². The standard InChI is InChI=1S/C25H23ClN4O4/c26-20-7-4-8-21(15-20)29-24(32)25(33)30-28-16-19-9-11-22(12-10-19)34-17-23(31)27-14-13-18-5-2-1-3-6-18/h1-12,15-16H,13-14,17H2,(H,27,31)(H,29,32)(H,30,33)/b28-16-. The van der Waals surface area contributed by atoms with E-state index >= 15 is 0 Å². The Labute approximate surface area is 202 Å². The first-order chi connectivity index (χ1) is 16.5. The van der Waals surface area contributed by atoms with Crippen LogP contribution in [0.2, 0.25) is 5.02 Å². The summed E-state index contributed by atoms with van der Waals surface area (Å²) in [4.78, 5) is 35.7. The van der Waals surface area contributed by atoms with Crippen LogP contribution in [-0.2, 0) is 20.8 Å². The van der Waals surface area contributed by atoms with Crippen molar-refractivity contribution in [3.63, 3.8) is 0 Å². The summed E-state index contributed by atoms with van der Waals surface area (Å²) < 4.78 is 5.48. The fourth-order valence-corrected chi connectivity index (χ4v) is 3.00. The highest BCUT2D eigenvalue weighted by atomic mass is 35.5. The van der Waals surface area contributed by atoms with Gasteiger partial charge in [-0.25, -0.2) is 5.43 Å². The van der Waals surface area contributed by atoms with Crippen LogP contribution in [0, 0.1) is 0 Å². The van der Waals surface area contributed by atoms with Gasteiger partial charge in [-0.2, -0.15) is 5.10 Å². The normalized spacial score (nSPS) is 10.5. The van der Waals surface area contributed by atoms with E-state index in [0.29, 0.717) is 28.6 Å². The maximum absolute atomic E-state index is 11.9. The van der Waals surface area contributed by atoms with Gasteiger partial charge in [-0.05, 0) is 60.0 Å². The number of halogens is 1. The average Bonchev–Trinajstić information content (AvgIpc) is 2.84. The van der Waals surface area contributed by atoms with Gasteiger partial charge in [-0.1, -0.05) is 48.0 Å². The van der Waals surface area contributed by atoms with E-state index in [2.05, 4.69) is 21.2 Å². The number of carbonyl (C=O) groups excluding carboxylic acids is 3. The molecule has 8 nitrogen and oxygen atoms in total. The lowest BCUT2D eigenvalue weighted by molar-refractivity contribution is -0.136. The van der Waals surface area contributed by atoms with Gasteiger partial charge in [0.05, 0.1) is 6.21 Å². The number of amides is 3. The van der Waals surface area contributed by atoms with Gasteiger partial charge < -0.3 is 15.4 Å². The maximum atomic E-state index is 11.9. The number of hydrogen-bond acceptors (Lipinski definition) is 5. The molecule has 0 aromatic heterocycles. The van der Waals surface area contributed by atoms with Gasteiger partial charge in [0, 0.05) is 17.3 Å². The summed E-state index contributed by atoms with van der Waals surface area (Å²) >= 11 is 5.84. The summed E-state index contributed by atoms with van der Waals surface area (Å²) in [7, 11) is 0. The molecule has 0 saturated carbocycles. The minimum Gasteiger partial charge on any atom is -0.484 e. The molecule has 174 valence electrons. The summed E-state index contributed by atoms with van der Waals surface area (Å²) in [6.07, 6.45) is 2.13. The Balaban J connectivity index is 1.36. The number of rotatable bonds is 9. The molecule has 0 aliphatic carbocycles. The number of anilines is 1. The average molecular weight is 479 g/mol. The van der Waals surface area contributed by atoms with Crippen molar-refractivity contribution in [3.8, 4) is 5.75 Å². The van der Waals surface area contributed by atoms with Crippen molar-refractivity contribution in [1.82, 2.24) is 10.7 Å². The van der Waals surface area contributed by atoms with E-state index in [4.69, 9.17) is 16.3 Å². The Bertz CT molecular complexity index is 1150. The van der Waals surface area contributed by atoms with Crippen molar-refractivity contribution < 1.29 is 19.1 Å². The second-order valence-electron chi connectivity index (χ2n) is 7.11. The van der Waals surface area contributed by atoms with E-state index in [1.807, 2.05) is 30.3 Å². The second kappa shape index (κ2) is 12.8. The Kier molecular flexibility index (Phi) is 9.19. The van der Waals surface area contributed by atoms with Gasteiger partial charge in [0.2, 0.25) is 0 Å². The molecule has 3 amide bonds. The topological polar surface area (TPSA) is 109 Å². The molecular formula is C25H23ClN4O4. The Morgan fingerprint density at radius 1 is 0.912 bits per heavy atom. The molecule has 0 unspecified atom stereocenters. The van der Waals surface area contributed by atoms with E-state index in [9.17, 15) is 14.4 Å². The van der Waals surface area contributed by atoms with Gasteiger partial charge >= 0.3 is 11.8 Å². The summed E-state index contributed by atoms with van der Waals surface area (Å²) in [5.74, 6) is -1.49. The first kappa shape index (κ1) is 24.5. The lowest BCUT2D eigenvalue weighted by Gasteiger charge is -2.08. The van der Waals surface area contributed by atoms with Crippen LogP contribution in [0.1, 0.15) is 11.1 Å². The van der Waals surface area contributed by atoms with Crippen LogP contribution in [0.3, 0.4) is 0 Å². The summed E-state index contributed by atoms with van der Waals surface area (Å²) in [5, 5.41) is 9.44. The van der Waals surface area contributed by atoms with Crippen molar-refractivity contribution in [2.24, 2.45) is 5.10 Å². The molecule has 34 heavy (non-hydrogen) atoms. The van der Waals surface area contributed by atoms with E-state index in [1.165, 1.54) is 12.3 Å². The zero-order valence-electron chi connectivity index (χ0n) is 18.2. The number of benzene rings is 3. The second-order valence-corrected chi connectivity index (χ2v) is 7.54. The number of hydrazone groups is 1. The molecule has 0 saturated heterocycles. The first-order valence-electron chi connectivity index (χ1n) is 10.4. The summed E-state index contributed by atoms with van der Waals surface area (Å²) in [5.41, 5.74) is 4.37. The number of carbonyl (C=O) groups is 3. The fraction of sp³-hybridized carbons (Fsp3) is 0.120. The largest absolute Gasteiger partial charge is 0.484 e. The van der Waals surface area contributed by atoms with Crippen LogP contribution in [0.25, 0.3) is 0 Å². The van der Waals surface area contributed by atoms with E-state index in [0.717, 1.165) is 12.0 Å². The molecule has 9 heteroatoms. The van der Waals surface area contributed by atoms with Crippen LogP contribution in [0.15, 0.2) is 84.0 Å².